The highest BCUT2D eigenvalue weighted by Crippen LogP contribution is 2.04. The summed E-state index contributed by atoms with van der Waals surface area (Å²) >= 11 is 0. The standard InChI is InChI=1S/C12H23NO4/c1-9(4-7-12(15)16)8-13-11(14)6-5-10(2)17-3/h9-10H,4-8H2,1-3H3,(H,13,14)(H,15,16). The molecule has 0 rings (SSSR count). The largest absolute Gasteiger partial charge is 0.481 e. The molecule has 17 heavy (non-hydrogen) atoms. The molecular weight excluding hydrogens is 222 g/mol. The first-order chi connectivity index (χ1) is 7.95. The van der Waals surface area contributed by atoms with Crippen LogP contribution in [0.3, 0.4) is 0 Å². The number of hydrogen-bond acceptors (Lipinski definition) is 3. The zero-order valence-corrected chi connectivity index (χ0v) is 10.9. The maximum atomic E-state index is 11.4. The van der Waals surface area contributed by atoms with E-state index in [9.17, 15) is 9.59 Å². The summed E-state index contributed by atoms with van der Waals surface area (Å²) < 4.78 is 5.05. The lowest BCUT2D eigenvalue weighted by atomic mass is 10.1. The second-order valence-electron chi connectivity index (χ2n) is 4.43. The molecule has 5 heteroatoms. The minimum absolute atomic E-state index is 0.00363. The van der Waals surface area contributed by atoms with E-state index in [0.29, 0.717) is 25.8 Å². The predicted octanol–water partition coefficient (Wildman–Crippen LogP) is 1.42. The van der Waals surface area contributed by atoms with Crippen molar-refractivity contribution in [3.05, 3.63) is 0 Å². The number of aliphatic carboxylic acids is 1. The summed E-state index contributed by atoms with van der Waals surface area (Å²) in [5, 5.41) is 11.3. The molecule has 0 radical (unpaired) electrons. The molecule has 0 saturated carbocycles. The van der Waals surface area contributed by atoms with Crippen LogP contribution in [-0.2, 0) is 14.3 Å². The number of rotatable bonds is 9. The van der Waals surface area contributed by atoms with E-state index in [4.69, 9.17) is 9.84 Å². The van der Waals surface area contributed by atoms with Crippen LogP contribution in [0.2, 0.25) is 0 Å². The van der Waals surface area contributed by atoms with Gasteiger partial charge in [0.1, 0.15) is 0 Å². The van der Waals surface area contributed by atoms with Gasteiger partial charge in [-0.3, -0.25) is 9.59 Å². The molecule has 2 unspecified atom stereocenters. The van der Waals surface area contributed by atoms with Crippen LogP contribution in [0, 0.1) is 5.92 Å². The number of amides is 1. The molecule has 0 aliphatic carbocycles. The summed E-state index contributed by atoms with van der Waals surface area (Å²) in [6.45, 7) is 4.39. The van der Waals surface area contributed by atoms with Gasteiger partial charge in [0.05, 0.1) is 6.10 Å². The Labute approximate surface area is 103 Å². The fraction of sp³-hybridized carbons (Fsp3) is 0.833. The Hall–Kier alpha value is -1.10. The minimum Gasteiger partial charge on any atom is -0.481 e. The zero-order chi connectivity index (χ0) is 13.3. The van der Waals surface area contributed by atoms with Crippen LogP contribution in [0.25, 0.3) is 0 Å². The van der Waals surface area contributed by atoms with Gasteiger partial charge in [-0.15, -0.1) is 0 Å². The molecule has 2 atom stereocenters. The van der Waals surface area contributed by atoms with Crippen molar-refractivity contribution in [2.24, 2.45) is 5.92 Å². The number of methoxy groups -OCH3 is 1. The Bertz CT molecular complexity index is 243. The van der Waals surface area contributed by atoms with E-state index in [-0.39, 0.29) is 24.3 Å². The average molecular weight is 245 g/mol. The normalized spacial score (nSPS) is 14.1. The van der Waals surface area contributed by atoms with Crippen LogP contribution in [0.4, 0.5) is 0 Å². The lowest BCUT2D eigenvalue weighted by Crippen LogP contribution is -2.29. The molecule has 0 aromatic heterocycles. The SMILES string of the molecule is COC(C)CCC(=O)NCC(C)CCC(=O)O. The highest BCUT2D eigenvalue weighted by molar-refractivity contribution is 5.75. The number of hydrogen-bond donors (Lipinski definition) is 2. The van der Waals surface area contributed by atoms with E-state index in [1.807, 2.05) is 13.8 Å². The monoisotopic (exact) mass is 245 g/mol. The van der Waals surface area contributed by atoms with Crippen molar-refractivity contribution >= 4 is 11.9 Å². The van der Waals surface area contributed by atoms with Gasteiger partial charge in [0.25, 0.3) is 0 Å². The summed E-state index contributed by atoms with van der Waals surface area (Å²) in [5.74, 6) is -0.608. The van der Waals surface area contributed by atoms with Gasteiger partial charge in [0.15, 0.2) is 0 Å². The minimum atomic E-state index is -0.794. The van der Waals surface area contributed by atoms with Crippen LogP contribution in [0.1, 0.15) is 39.5 Å². The van der Waals surface area contributed by atoms with Crippen LogP contribution >= 0.6 is 0 Å². The van der Waals surface area contributed by atoms with Crippen LogP contribution < -0.4 is 5.32 Å². The number of nitrogens with one attached hydrogen (secondary N) is 1. The second kappa shape index (κ2) is 8.98. The Morgan fingerprint density at radius 2 is 1.88 bits per heavy atom. The second-order valence-corrected chi connectivity index (χ2v) is 4.43. The van der Waals surface area contributed by atoms with Gasteiger partial charge in [-0.25, -0.2) is 0 Å². The van der Waals surface area contributed by atoms with Gasteiger partial charge in [0.2, 0.25) is 5.91 Å². The quantitative estimate of drug-likeness (QED) is 0.644. The lowest BCUT2D eigenvalue weighted by molar-refractivity contribution is -0.137. The number of carbonyl (C=O) groups excluding carboxylic acids is 1. The van der Waals surface area contributed by atoms with Crippen molar-refractivity contribution in [3.63, 3.8) is 0 Å². The Kier molecular flexibility index (Phi) is 8.40. The summed E-state index contributed by atoms with van der Waals surface area (Å²) in [6, 6.07) is 0. The lowest BCUT2D eigenvalue weighted by Gasteiger charge is -2.12. The number of carboxylic acid groups (broad SMARTS) is 1. The molecule has 0 saturated heterocycles. The molecule has 0 aromatic rings. The summed E-state index contributed by atoms with van der Waals surface area (Å²) in [7, 11) is 1.62. The van der Waals surface area contributed by atoms with Gasteiger partial charge < -0.3 is 15.2 Å². The number of carboxylic acids is 1. The summed E-state index contributed by atoms with van der Waals surface area (Å²) in [6.07, 6.45) is 1.97. The predicted molar refractivity (Wildman–Crippen MR) is 64.7 cm³/mol. The van der Waals surface area contributed by atoms with E-state index < -0.39 is 5.97 Å². The molecule has 0 aromatic carbocycles. The van der Waals surface area contributed by atoms with Crippen molar-refractivity contribution in [2.45, 2.75) is 45.6 Å². The molecule has 100 valence electrons. The van der Waals surface area contributed by atoms with E-state index >= 15 is 0 Å². The summed E-state index contributed by atoms with van der Waals surface area (Å²) in [4.78, 5) is 21.8. The van der Waals surface area contributed by atoms with Crippen molar-refractivity contribution in [1.29, 1.82) is 0 Å². The van der Waals surface area contributed by atoms with Gasteiger partial charge in [0, 0.05) is 26.5 Å². The molecule has 0 fully saturated rings. The van der Waals surface area contributed by atoms with Crippen LogP contribution in [-0.4, -0.2) is 36.7 Å². The van der Waals surface area contributed by atoms with E-state index in [2.05, 4.69) is 5.32 Å². The molecule has 1 amide bonds. The molecule has 2 N–H and O–H groups in total. The summed E-state index contributed by atoms with van der Waals surface area (Å²) in [5.41, 5.74) is 0. The van der Waals surface area contributed by atoms with Crippen molar-refractivity contribution in [2.75, 3.05) is 13.7 Å². The first-order valence-electron chi connectivity index (χ1n) is 5.97. The van der Waals surface area contributed by atoms with E-state index in [1.165, 1.54) is 0 Å². The molecule has 0 spiro atoms. The molecule has 5 nitrogen and oxygen atoms in total. The topological polar surface area (TPSA) is 75.6 Å². The zero-order valence-electron chi connectivity index (χ0n) is 10.9. The average Bonchev–Trinajstić information content (AvgIpc) is 2.30. The third-order valence-corrected chi connectivity index (χ3v) is 2.68. The maximum absolute atomic E-state index is 11.4. The van der Waals surface area contributed by atoms with E-state index in [1.54, 1.807) is 7.11 Å². The highest BCUT2D eigenvalue weighted by Gasteiger charge is 2.09. The highest BCUT2D eigenvalue weighted by atomic mass is 16.5. The third kappa shape index (κ3) is 9.81. The van der Waals surface area contributed by atoms with Gasteiger partial charge >= 0.3 is 5.97 Å². The Morgan fingerprint density at radius 1 is 1.24 bits per heavy atom. The van der Waals surface area contributed by atoms with Crippen molar-refractivity contribution in [3.8, 4) is 0 Å². The van der Waals surface area contributed by atoms with Crippen molar-refractivity contribution in [1.82, 2.24) is 5.32 Å². The van der Waals surface area contributed by atoms with Crippen molar-refractivity contribution < 1.29 is 19.4 Å². The smallest absolute Gasteiger partial charge is 0.303 e. The molecule has 0 heterocycles. The Morgan fingerprint density at radius 3 is 2.41 bits per heavy atom. The maximum Gasteiger partial charge on any atom is 0.303 e. The molecule has 0 aliphatic heterocycles. The molecule has 0 aliphatic rings. The number of ether oxygens (including phenoxy) is 1. The molecular formula is C12H23NO4. The first-order valence-corrected chi connectivity index (χ1v) is 5.97. The molecule has 0 bridgehead atoms. The van der Waals surface area contributed by atoms with Gasteiger partial charge in [-0.2, -0.15) is 0 Å². The van der Waals surface area contributed by atoms with Gasteiger partial charge in [-0.1, -0.05) is 6.92 Å². The fourth-order valence-electron chi connectivity index (χ4n) is 1.30. The fourth-order valence-corrected chi connectivity index (χ4v) is 1.30. The first kappa shape index (κ1) is 15.9. The van der Waals surface area contributed by atoms with Crippen LogP contribution in [0.5, 0.6) is 0 Å². The van der Waals surface area contributed by atoms with Gasteiger partial charge in [-0.05, 0) is 25.7 Å². The number of carbonyl (C=O) groups is 2. The van der Waals surface area contributed by atoms with Crippen LogP contribution in [0.15, 0.2) is 0 Å². The third-order valence-electron chi connectivity index (χ3n) is 2.68. The van der Waals surface area contributed by atoms with E-state index in [0.717, 1.165) is 0 Å². The Balaban J connectivity index is 3.58.